The molecule has 2 N–H and O–H groups in total. The molecule has 0 spiro atoms. The monoisotopic (exact) mass is 262 g/mol. The van der Waals surface area contributed by atoms with Crippen LogP contribution in [0.2, 0.25) is 0 Å². The van der Waals surface area contributed by atoms with Crippen LogP contribution in [-0.2, 0) is 10.0 Å². The molecule has 0 unspecified atom stereocenters. The van der Waals surface area contributed by atoms with Crippen molar-refractivity contribution in [2.75, 3.05) is 13.1 Å². The fourth-order valence-electron chi connectivity index (χ4n) is 2.29. The normalized spacial score (nSPS) is 19.1. The minimum absolute atomic E-state index is 0.200. The van der Waals surface area contributed by atoms with Crippen molar-refractivity contribution in [1.29, 1.82) is 0 Å². The van der Waals surface area contributed by atoms with Crippen molar-refractivity contribution in [2.45, 2.75) is 63.7 Å². The Kier molecular flexibility index (Phi) is 4.98. The summed E-state index contributed by atoms with van der Waals surface area (Å²) < 4.78 is 26.1. The van der Waals surface area contributed by atoms with E-state index in [2.05, 4.69) is 0 Å². The maximum absolute atomic E-state index is 12.5. The molecule has 5 heteroatoms. The summed E-state index contributed by atoms with van der Waals surface area (Å²) in [5, 5.41) is 0. The highest BCUT2D eigenvalue weighted by Crippen LogP contribution is 2.30. The van der Waals surface area contributed by atoms with E-state index in [4.69, 9.17) is 5.73 Å². The molecule has 0 amide bonds. The van der Waals surface area contributed by atoms with Crippen LogP contribution in [0.4, 0.5) is 0 Å². The highest BCUT2D eigenvalue weighted by molar-refractivity contribution is 7.90. The summed E-state index contributed by atoms with van der Waals surface area (Å²) in [6, 6.07) is 0.200. The van der Waals surface area contributed by atoms with Gasteiger partial charge in [-0.1, -0.05) is 12.8 Å². The highest BCUT2D eigenvalue weighted by Gasteiger charge is 2.39. The number of nitrogens with two attached hydrogens (primary N) is 1. The average molecular weight is 262 g/mol. The Morgan fingerprint density at radius 3 is 2.18 bits per heavy atom. The summed E-state index contributed by atoms with van der Waals surface area (Å²) in [6.45, 7) is 6.43. The van der Waals surface area contributed by atoms with Crippen molar-refractivity contribution in [3.8, 4) is 0 Å². The highest BCUT2D eigenvalue weighted by atomic mass is 32.2. The third-order valence-corrected chi connectivity index (χ3v) is 6.04. The van der Waals surface area contributed by atoms with Gasteiger partial charge in [0.25, 0.3) is 0 Å². The van der Waals surface area contributed by atoms with Crippen LogP contribution >= 0.6 is 0 Å². The Balaban J connectivity index is 2.89. The molecule has 0 heterocycles. The van der Waals surface area contributed by atoms with E-state index in [1.807, 2.05) is 0 Å². The average Bonchev–Trinajstić information content (AvgIpc) is 2.69. The molecule has 0 aromatic carbocycles. The number of rotatable bonds is 5. The Bertz CT molecular complexity index is 327. The van der Waals surface area contributed by atoms with Gasteiger partial charge in [-0.25, -0.2) is 8.42 Å². The number of sulfonamides is 1. The SMILES string of the molecule is CC(C)(C)S(=O)(=O)N(CCCN)C1CCCC1. The minimum atomic E-state index is -3.22. The lowest BCUT2D eigenvalue weighted by atomic mass is 10.2. The van der Waals surface area contributed by atoms with Crippen LogP contribution in [-0.4, -0.2) is 36.6 Å². The number of nitrogens with zero attached hydrogens (tertiary/aromatic N) is 1. The molecule has 0 bridgehead atoms. The van der Waals surface area contributed by atoms with Crippen LogP contribution in [0, 0.1) is 0 Å². The zero-order valence-corrected chi connectivity index (χ0v) is 12.1. The van der Waals surface area contributed by atoms with Gasteiger partial charge in [-0.15, -0.1) is 0 Å². The first-order chi connectivity index (χ1) is 7.80. The zero-order chi connectivity index (χ0) is 13.1. The van der Waals surface area contributed by atoms with Gasteiger partial charge in [-0.3, -0.25) is 0 Å². The molecule has 0 aliphatic heterocycles. The molecule has 102 valence electrons. The minimum Gasteiger partial charge on any atom is -0.330 e. The predicted molar refractivity (Wildman–Crippen MR) is 71.3 cm³/mol. The van der Waals surface area contributed by atoms with Crippen LogP contribution in [0.5, 0.6) is 0 Å². The van der Waals surface area contributed by atoms with Gasteiger partial charge in [0, 0.05) is 12.6 Å². The fourth-order valence-corrected chi connectivity index (χ4v) is 3.97. The summed E-state index contributed by atoms with van der Waals surface area (Å²) in [4.78, 5) is 0. The molecule has 1 aliphatic carbocycles. The molecule has 1 fully saturated rings. The first kappa shape index (κ1) is 14.9. The molecule has 0 aromatic rings. The van der Waals surface area contributed by atoms with Gasteiger partial charge < -0.3 is 5.73 Å². The molecule has 17 heavy (non-hydrogen) atoms. The Morgan fingerprint density at radius 2 is 1.76 bits per heavy atom. The van der Waals surface area contributed by atoms with Crippen molar-refractivity contribution in [1.82, 2.24) is 4.31 Å². The summed E-state index contributed by atoms with van der Waals surface area (Å²) in [6.07, 6.45) is 5.03. The van der Waals surface area contributed by atoms with E-state index in [-0.39, 0.29) is 6.04 Å². The van der Waals surface area contributed by atoms with E-state index >= 15 is 0 Å². The van der Waals surface area contributed by atoms with E-state index in [0.29, 0.717) is 13.1 Å². The van der Waals surface area contributed by atoms with E-state index in [1.54, 1.807) is 25.1 Å². The smallest absolute Gasteiger partial charge is 0.219 e. The maximum atomic E-state index is 12.5. The van der Waals surface area contributed by atoms with Crippen molar-refractivity contribution >= 4 is 10.0 Å². The summed E-state index contributed by atoms with van der Waals surface area (Å²) in [7, 11) is -3.22. The van der Waals surface area contributed by atoms with Crippen LogP contribution < -0.4 is 5.73 Å². The molecule has 0 saturated heterocycles. The fraction of sp³-hybridized carbons (Fsp3) is 1.00. The van der Waals surface area contributed by atoms with E-state index < -0.39 is 14.8 Å². The van der Waals surface area contributed by atoms with Crippen molar-refractivity contribution in [2.24, 2.45) is 5.73 Å². The topological polar surface area (TPSA) is 63.4 Å². The quantitative estimate of drug-likeness (QED) is 0.820. The van der Waals surface area contributed by atoms with E-state index in [0.717, 1.165) is 32.1 Å². The van der Waals surface area contributed by atoms with Crippen LogP contribution in [0.15, 0.2) is 0 Å². The Labute approximate surface area is 106 Å². The molecular formula is C12H26N2O2S. The Morgan fingerprint density at radius 1 is 1.24 bits per heavy atom. The molecule has 0 aromatic heterocycles. The van der Waals surface area contributed by atoms with Gasteiger partial charge in [0.1, 0.15) is 0 Å². The lowest BCUT2D eigenvalue weighted by Crippen LogP contribution is -2.48. The largest absolute Gasteiger partial charge is 0.330 e. The summed E-state index contributed by atoms with van der Waals surface area (Å²) in [5.74, 6) is 0. The van der Waals surface area contributed by atoms with Gasteiger partial charge in [0.15, 0.2) is 0 Å². The molecule has 0 atom stereocenters. The summed E-state index contributed by atoms with van der Waals surface area (Å²) in [5.41, 5.74) is 5.51. The van der Waals surface area contributed by atoms with Gasteiger partial charge in [0.05, 0.1) is 4.75 Å². The predicted octanol–water partition coefficient (Wildman–Crippen LogP) is 1.71. The lowest BCUT2D eigenvalue weighted by molar-refractivity contribution is 0.311. The third-order valence-electron chi connectivity index (χ3n) is 3.40. The maximum Gasteiger partial charge on any atom is 0.219 e. The summed E-state index contributed by atoms with van der Waals surface area (Å²) >= 11 is 0. The number of hydrogen-bond acceptors (Lipinski definition) is 3. The van der Waals surface area contributed by atoms with Crippen LogP contribution in [0.25, 0.3) is 0 Å². The van der Waals surface area contributed by atoms with Crippen molar-refractivity contribution in [3.63, 3.8) is 0 Å². The van der Waals surface area contributed by atoms with Crippen molar-refractivity contribution < 1.29 is 8.42 Å². The second kappa shape index (κ2) is 5.67. The van der Waals surface area contributed by atoms with Crippen LogP contribution in [0.3, 0.4) is 0 Å². The van der Waals surface area contributed by atoms with Crippen molar-refractivity contribution in [3.05, 3.63) is 0 Å². The molecule has 0 radical (unpaired) electrons. The van der Waals surface area contributed by atoms with Gasteiger partial charge in [-0.05, 0) is 46.6 Å². The van der Waals surface area contributed by atoms with Crippen LogP contribution in [0.1, 0.15) is 52.9 Å². The van der Waals surface area contributed by atoms with E-state index in [1.165, 1.54) is 0 Å². The third kappa shape index (κ3) is 3.42. The first-order valence-corrected chi connectivity index (χ1v) is 7.96. The molecular weight excluding hydrogens is 236 g/mol. The lowest BCUT2D eigenvalue weighted by Gasteiger charge is -2.34. The van der Waals surface area contributed by atoms with Gasteiger partial charge in [0.2, 0.25) is 10.0 Å². The zero-order valence-electron chi connectivity index (χ0n) is 11.3. The number of hydrogen-bond donors (Lipinski definition) is 1. The second-order valence-corrected chi connectivity index (χ2v) is 8.45. The standard InChI is InChI=1S/C12H26N2O2S/c1-12(2,3)17(15,16)14(10-6-9-13)11-7-4-5-8-11/h11H,4-10,13H2,1-3H3. The molecule has 1 rings (SSSR count). The molecule has 1 saturated carbocycles. The molecule has 4 nitrogen and oxygen atoms in total. The van der Waals surface area contributed by atoms with Gasteiger partial charge in [-0.2, -0.15) is 4.31 Å². The molecule has 1 aliphatic rings. The second-order valence-electron chi connectivity index (χ2n) is 5.81. The Hall–Kier alpha value is -0.130. The first-order valence-electron chi connectivity index (χ1n) is 6.52. The van der Waals surface area contributed by atoms with E-state index in [9.17, 15) is 8.42 Å². The van der Waals surface area contributed by atoms with Gasteiger partial charge >= 0.3 is 0 Å².